The van der Waals surface area contributed by atoms with Crippen LogP contribution in [0.2, 0.25) is 0 Å². The normalized spacial score (nSPS) is 22.6. The SMILES string of the molecule is Cc1cnccc1NCC1CN(C)CCN1C. The van der Waals surface area contributed by atoms with Crippen LogP contribution in [0.4, 0.5) is 5.69 Å². The molecule has 1 unspecified atom stereocenters. The Morgan fingerprint density at radius 3 is 3.00 bits per heavy atom. The number of nitrogens with one attached hydrogen (secondary N) is 1. The van der Waals surface area contributed by atoms with Crippen LogP contribution in [0, 0.1) is 6.92 Å². The second-order valence-corrected chi connectivity index (χ2v) is 4.97. The lowest BCUT2D eigenvalue weighted by atomic mass is 10.1. The molecule has 1 atom stereocenters. The molecule has 17 heavy (non-hydrogen) atoms. The van der Waals surface area contributed by atoms with Crippen molar-refractivity contribution in [2.24, 2.45) is 0 Å². The van der Waals surface area contributed by atoms with Crippen molar-refractivity contribution in [2.75, 3.05) is 45.6 Å². The molecule has 4 heteroatoms. The Labute approximate surface area is 104 Å². The molecule has 1 aliphatic rings. The highest BCUT2D eigenvalue weighted by Crippen LogP contribution is 2.13. The molecule has 0 bridgehead atoms. The number of aryl methyl sites for hydroxylation is 1. The molecule has 1 N–H and O–H groups in total. The summed E-state index contributed by atoms with van der Waals surface area (Å²) in [4.78, 5) is 8.94. The van der Waals surface area contributed by atoms with Gasteiger partial charge in [0.2, 0.25) is 0 Å². The molecule has 1 aromatic heterocycles. The summed E-state index contributed by atoms with van der Waals surface area (Å²) in [6.07, 6.45) is 3.74. The Morgan fingerprint density at radius 2 is 2.24 bits per heavy atom. The molecule has 1 fully saturated rings. The second-order valence-electron chi connectivity index (χ2n) is 4.97. The molecule has 1 aromatic rings. The van der Waals surface area contributed by atoms with Crippen molar-refractivity contribution in [1.82, 2.24) is 14.8 Å². The zero-order valence-electron chi connectivity index (χ0n) is 11.0. The third kappa shape index (κ3) is 3.17. The van der Waals surface area contributed by atoms with Gasteiger partial charge in [0.25, 0.3) is 0 Å². The summed E-state index contributed by atoms with van der Waals surface area (Å²) in [5.41, 5.74) is 2.40. The van der Waals surface area contributed by atoms with Crippen molar-refractivity contribution in [2.45, 2.75) is 13.0 Å². The molecule has 0 spiro atoms. The number of hydrogen-bond acceptors (Lipinski definition) is 4. The van der Waals surface area contributed by atoms with Crippen LogP contribution >= 0.6 is 0 Å². The minimum Gasteiger partial charge on any atom is -0.383 e. The van der Waals surface area contributed by atoms with Crippen LogP contribution in [0.1, 0.15) is 5.56 Å². The van der Waals surface area contributed by atoms with Crippen molar-refractivity contribution < 1.29 is 0 Å². The Bertz CT molecular complexity index is 366. The molecule has 2 heterocycles. The summed E-state index contributed by atoms with van der Waals surface area (Å²) < 4.78 is 0. The van der Waals surface area contributed by atoms with Gasteiger partial charge in [-0.05, 0) is 32.6 Å². The van der Waals surface area contributed by atoms with E-state index in [1.807, 2.05) is 18.5 Å². The van der Waals surface area contributed by atoms with Gasteiger partial charge in [0.1, 0.15) is 0 Å². The summed E-state index contributed by atoms with van der Waals surface area (Å²) in [7, 11) is 4.40. The molecule has 94 valence electrons. The standard InChI is InChI=1S/C13H22N4/c1-11-8-14-5-4-13(11)15-9-12-10-16(2)6-7-17(12)3/h4-5,8,12H,6-7,9-10H2,1-3H3,(H,14,15). The largest absolute Gasteiger partial charge is 0.383 e. The lowest BCUT2D eigenvalue weighted by Crippen LogP contribution is -2.52. The number of nitrogens with zero attached hydrogens (tertiary/aromatic N) is 3. The number of piperazine rings is 1. The molecule has 0 aliphatic carbocycles. The Hall–Kier alpha value is -1.13. The van der Waals surface area contributed by atoms with Crippen molar-refractivity contribution in [3.05, 3.63) is 24.0 Å². The van der Waals surface area contributed by atoms with Gasteiger partial charge >= 0.3 is 0 Å². The molecular formula is C13H22N4. The Morgan fingerprint density at radius 1 is 1.41 bits per heavy atom. The Kier molecular flexibility index (Phi) is 3.97. The van der Waals surface area contributed by atoms with Gasteiger partial charge in [-0.1, -0.05) is 0 Å². The molecule has 0 saturated carbocycles. The van der Waals surface area contributed by atoms with E-state index >= 15 is 0 Å². The monoisotopic (exact) mass is 234 g/mol. The zero-order valence-corrected chi connectivity index (χ0v) is 11.0. The van der Waals surface area contributed by atoms with Gasteiger partial charge in [-0.15, -0.1) is 0 Å². The van der Waals surface area contributed by atoms with E-state index in [1.54, 1.807) is 0 Å². The summed E-state index contributed by atoms with van der Waals surface area (Å²) >= 11 is 0. The third-order valence-corrected chi connectivity index (χ3v) is 3.53. The molecule has 0 radical (unpaired) electrons. The highest BCUT2D eigenvalue weighted by atomic mass is 15.3. The van der Waals surface area contributed by atoms with Gasteiger partial charge < -0.3 is 10.2 Å². The topological polar surface area (TPSA) is 31.4 Å². The first-order valence-corrected chi connectivity index (χ1v) is 6.20. The van der Waals surface area contributed by atoms with Crippen molar-refractivity contribution in [1.29, 1.82) is 0 Å². The maximum Gasteiger partial charge on any atom is 0.0401 e. The third-order valence-electron chi connectivity index (χ3n) is 3.53. The smallest absolute Gasteiger partial charge is 0.0401 e. The van der Waals surface area contributed by atoms with Crippen LogP contribution in [0.5, 0.6) is 0 Å². The van der Waals surface area contributed by atoms with Crippen molar-refractivity contribution >= 4 is 5.69 Å². The van der Waals surface area contributed by atoms with E-state index in [-0.39, 0.29) is 0 Å². The summed E-state index contributed by atoms with van der Waals surface area (Å²) in [5.74, 6) is 0. The summed E-state index contributed by atoms with van der Waals surface area (Å²) in [6, 6.07) is 2.63. The number of hydrogen-bond donors (Lipinski definition) is 1. The number of likely N-dealkylation sites (N-methyl/N-ethyl adjacent to an activating group) is 2. The van der Waals surface area contributed by atoms with E-state index in [0.717, 1.165) is 19.6 Å². The maximum atomic E-state index is 4.11. The van der Waals surface area contributed by atoms with Crippen molar-refractivity contribution in [3.8, 4) is 0 Å². The first-order chi connectivity index (χ1) is 8.16. The fraction of sp³-hybridized carbons (Fsp3) is 0.615. The molecule has 0 amide bonds. The number of aromatic nitrogens is 1. The van der Waals surface area contributed by atoms with Crippen LogP contribution in [0.3, 0.4) is 0 Å². The maximum absolute atomic E-state index is 4.11. The minimum atomic E-state index is 0.585. The second kappa shape index (κ2) is 5.47. The summed E-state index contributed by atoms with van der Waals surface area (Å²) in [5, 5.41) is 3.53. The lowest BCUT2D eigenvalue weighted by molar-refractivity contribution is 0.122. The van der Waals surface area contributed by atoms with E-state index in [1.165, 1.54) is 17.8 Å². The fourth-order valence-electron chi connectivity index (χ4n) is 2.22. The molecule has 0 aromatic carbocycles. The van der Waals surface area contributed by atoms with Gasteiger partial charge in [0.05, 0.1) is 0 Å². The fourth-order valence-corrected chi connectivity index (χ4v) is 2.22. The Balaban J connectivity index is 1.91. The predicted molar refractivity (Wildman–Crippen MR) is 71.4 cm³/mol. The van der Waals surface area contributed by atoms with Gasteiger partial charge in [-0.25, -0.2) is 0 Å². The highest BCUT2D eigenvalue weighted by molar-refractivity contribution is 5.48. The summed E-state index contributed by atoms with van der Waals surface area (Å²) in [6.45, 7) is 6.53. The first-order valence-electron chi connectivity index (χ1n) is 6.20. The van der Waals surface area contributed by atoms with E-state index in [0.29, 0.717) is 6.04 Å². The van der Waals surface area contributed by atoms with Crippen LogP contribution < -0.4 is 5.32 Å². The number of anilines is 1. The average Bonchev–Trinajstić information content (AvgIpc) is 2.32. The molecule has 1 aliphatic heterocycles. The van der Waals surface area contributed by atoms with Crippen LogP contribution in [-0.4, -0.2) is 61.1 Å². The number of rotatable bonds is 3. The predicted octanol–water partition coefficient (Wildman–Crippen LogP) is 1.05. The average molecular weight is 234 g/mol. The first kappa shape index (κ1) is 12.3. The molecular weight excluding hydrogens is 212 g/mol. The lowest BCUT2D eigenvalue weighted by Gasteiger charge is -2.38. The van der Waals surface area contributed by atoms with E-state index in [9.17, 15) is 0 Å². The van der Waals surface area contributed by atoms with E-state index in [4.69, 9.17) is 0 Å². The number of pyridine rings is 1. The van der Waals surface area contributed by atoms with Gasteiger partial charge in [-0.3, -0.25) is 9.88 Å². The van der Waals surface area contributed by atoms with Gasteiger partial charge in [0.15, 0.2) is 0 Å². The molecule has 2 rings (SSSR count). The van der Waals surface area contributed by atoms with Gasteiger partial charge in [-0.2, -0.15) is 0 Å². The van der Waals surface area contributed by atoms with E-state index < -0.39 is 0 Å². The molecule has 4 nitrogen and oxygen atoms in total. The minimum absolute atomic E-state index is 0.585. The van der Waals surface area contributed by atoms with E-state index in [2.05, 4.69) is 41.1 Å². The van der Waals surface area contributed by atoms with Gasteiger partial charge in [0, 0.05) is 50.3 Å². The zero-order chi connectivity index (χ0) is 12.3. The van der Waals surface area contributed by atoms with Crippen LogP contribution in [0.15, 0.2) is 18.5 Å². The van der Waals surface area contributed by atoms with Crippen LogP contribution in [0.25, 0.3) is 0 Å². The quantitative estimate of drug-likeness (QED) is 0.847. The highest BCUT2D eigenvalue weighted by Gasteiger charge is 2.21. The van der Waals surface area contributed by atoms with Crippen LogP contribution in [-0.2, 0) is 0 Å². The molecule has 1 saturated heterocycles. The van der Waals surface area contributed by atoms with Crippen molar-refractivity contribution in [3.63, 3.8) is 0 Å².